The maximum atomic E-state index is 11.4. The van der Waals surface area contributed by atoms with Gasteiger partial charge < -0.3 is 10.3 Å². The smallest absolute Gasteiger partial charge is 0.248 e. The van der Waals surface area contributed by atoms with Crippen LogP contribution in [-0.4, -0.2) is 16.7 Å². The summed E-state index contributed by atoms with van der Waals surface area (Å²) in [4.78, 5) is 15.9. The zero-order valence-corrected chi connectivity index (χ0v) is 11.3. The van der Waals surface area contributed by atoms with Crippen molar-refractivity contribution < 1.29 is 4.79 Å². The van der Waals surface area contributed by atoms with Crippen molar-refractivity contribution in [3.8, 4) is 11.3 Å². The van der Waals surface area contributed by atoms with Gasteiger partial charge in [-0.3, -0.25) is 9.79 Å². The number of aromatic nitrogens is 1. The maximum Gasteiger partial charge on any atom is 0.248 e. The third-order valence-corrected chi connectivity index (χ3v) is 3.86. The first-order valence-electron chi connectivity index (χ1n) is 6.79. The van der Waals surface area contributed by atoms with Crippen molar-refractivity contribution in [1.29, 1.82) is 0 Å². The molecule has 1 aliphatic heterocycles. The van der Waals surface area contributed by atoms with Gasteiger partial charge >= 0.3 is 0 Å². The van der Waals surface area contributed by atoms with E-state index in [2.05, 4.69) is 21.7 Å². The predicted molar refractivity (Wildman–Crippen MR) is 84.0 cm³/mol. The molecular formula is C17H13N3O. The minimum Gasteiger partial charge on any atom is -0.366 e. The molecule has 4 rings (SSSR count). The van der Waals surface area contributed by atoms with Crippen LogP contribution >= 0.6 is 0 Å². The number of rotatable bonds is 1. The van der Waals surface area contributed by atoms with E-state index in [9.17, 15) is 4.79 Å². The van der Waals surface area contributed by atoms with Crippen LogP contribution in [0.15, 0.2) is 53.5 Å². The summed E-state index contributed by atoms with van der Waals surface area (Å²) in [6.07, 6.45) is 1.89. The average molecular weight is 275 g/mol. The molecule has 1 aliphatic rings. The predicted octanol–water partition coefficient (Wildman–Crippen LogP) is 3.12. The molecule has 1 amide bonds. The van der Waals surface area contributed by atoms with E-state index in [1.807, 2.05) is 36.5 Å². The number of para-hydroxylation sites is 1. The summed E-state index contributed by atoms with van der Waals surface area (Å²) in [7, 11) is 0. The summed E-state index contributed by atoms with van der Waals surface area (Å²) < 4.78 is 2.16. The van der Waals surface area contributed by atoms with E-state index in [0.29, 0.717) is 12.1 Å². The summed E-state index contributed by atoms with van der Waals surface area (Å²) in [5, 5.41) is 1.10. The first kappa shape index (κ1) is 11.9. The van der Waals surface area contributed by atoms with E-state index < -0.39 is 5.91 Å². The molecule has 0 atom stereocenters. The highest BCUT2D eigenvalue weighted by molar-refractivity contribution is 5.99. The van der Waals surface area contributed by atoms with Gasteiger partial charge in [0, 0.05) is 28.2 Å². The van der Waals surface area contributed by atoms with Crippen molar-refractivity contribution in [2.45, 2.75) is 6.54 Å². The molecule has 0 fully saturated rings. The Morgan fingerprint density at radius 3 is 2.86 bits per heavy atom. The van der Waals surface area contributed by atoms with Crippen LogP contribution in [0.2, 0.25) is 0 Å². The molecule has 2 N–H and O–H groups in total. The fourth-order valence-electron chi connectivity index (χ4n) is 2.85. The van der Waals surface area contributed by atoms with Crippen molar-refractivity contribution >= 4 is 28.7 Å². The molecular weight excluding hydrogens is 262 g/mol. The summed E-state index contributed by atoms with van der Waals surface area (Å²) in [6, 6.07) is 15.8. The fourth-order valence-corrected chi connectivity index (χ4v) is 2.85. The fraction of sp³-hybridized carbons (Fsp3) is 0.0588. The molecule has 0 bridgehead atoms. The molecule has 2 heterocycles. The van der Waals surface area contributed by atoms with Gasteiger partial charge in [-0.15, -0.1) is 0 Å². The van der Waals surface area contributed by atoms with Crippen molar-refractivity contribution in [2.24, 2.45) is 10.7 Å². The van der Waals surface area contributed by atoms with Gasteiger partial charge in [-0.25, -0.2) is 0 Å². The lowest BCUT2D eigenvalue weighted by Crippen LogP contribution is -2.10. The Bertz CT molecular complexity index is 906. The summed E-state index contributed by atoms with van der Waals surface area (Å²) in [5.74, 6) is -0.407. The number of carbonyl (C=O) groups is 1. The molecule has 0 radical (unpaired) electrons. The maximum absolute atomic E-state index is 11.4. The van der Waals surface area contributed by atoms with Gasteiger partial charge in [0.25, 0.3) is 0 Å². The molecule has 4 nitrogen and oxygen atoms in total. The third kappa shape index (κ3) is 1.76. The van der Waals surface area contributed by atoms with Gasteiger partial charge in [0.2, 0.25) is 5.91 Å². The molecule has 2 aromatic carbocycles. The highest BCUT2D eigenvalue weighted by Gasteiger charge is 2.16. The highest BCUT2D eigenvalue weighted by atomic mass is 16.1. The van der Waals surface area contributed by atoms with Crippen molar-refractivity contribution in [2.75, 3.05) is 0 Å². The normalized spacial score (nSPS) is 12.8. The molecule has 0 saturated heterocycles. The number of benzene rings is 2. The van der Waals surface area contributed by atoms with E-state index in [-0.39, 0.29) is 0 Å². The lowest BCUT2D eigenvalue weighted by atomic mass is 10.1. The SMILES string of the molecule is NC(=O)c1ccc2cc3n(c2c1)CC=Nc1ccccc1-3. The Balaban J connectivity index is 2.05. The van der Waals surface area contributed by atoms with Crippen molar-refractivity contribution in [3.05, 3.63) is 54.1 Å². The van der Waals surface area contributed by atoms with Gasteiger partial charge in [-0.05, 0) is 24.3 Å². The number of nitrogens with two attached hydrogens (primary N) is 1. The van der Waals surface area contributed by atoms with Crippen LogP contribution in [-0.2, 0) is 6.54 Å². The lowest BCUT2D eigenvalue weighted by Gasteiger charge is -2.07. The summed E-state index contributed by atoms with van der Waals surface area (Å²) in [5.41, 5.74) is 10.1. The van der Waals surface area contributed by atoms with Gasteiger partial charge in [0.15, 0.2) is 0 Å². The zero-order valence-electron chi connectivity index (χ0n) is 11.3. The summed E-state index contributed by atoms with van der Waals surface area (Å²) in [6.45, 7) is 0.676. The highest BCUT2D eigenvalue weighted by Crippen LogP contribution is 2.35. The number of carbonyl (C=O) groups excluding carboxylic acids is 1. The van der Waals surface area contributed by atoms with Gasteiger partial charge in [0.05, 0.1) is 17.9 Å². The standard InChI is InChI=1S/C17H13N3O/c18-17(21)12-6-5-11-9-16-13-3-1-2-4-14(13)19-7-8-20(16)15(11)10-12/h1-7,9-10H,8H2,(H2,18,21). The zero-order chi connectivity index (χ0) is 14.4. The molecule has 4 heteroatoms. The molecule has 3 aromatic rings. The van der Waals surface area contributed by atoms with Crippen LogP contribution in [0.1, 0.15) is 10.4 Å². The molecule has 102 valence electrons. The first-order chi connectivity index (χ1) is 10.2. The third-order valence-electron chi connectivity index (χ3n) is 3.86. The van der Waals surface area contributed by atoms with Crippen LogP contribution in [0.5, 0.6) is 0 Å². The molecule has 1 aromatic heterocycles. The number of nitrogens with zero attached hydrogens (tertiary/aromatic N) is 2. The molecule has 0 unspecified atom stereocenters. The monoisotopic (exact) mass is 275 g/mol. The number of amides is 1. The number of hydrogen-bond acceptors (Lipinski definition) is 2. The number of fused-ring (bicyclic) bond motifs is 5. The molecule has 0 aliphatic carbocycles. The van der Waals surface area contributed by atoms with Gasteiger partial charge in [-0.1, -0.05) is 24.3 Å². The Kier molecular flexibility index (Phi) is 2.44. The molecule has 0 saturated carbocycles. The van der Waals surface area contributed by atoms with E-state index in [4.69, 9.17) is 5.73 Å². The van der Waals surface area contributed by atoms with E-state index in [0.717, 1.165) is 27.8 Å². The number of primary amides is 1. The topological polar surface area (TPSA) is 60.4 Å². The Hall–Kier alpha value is -2.88. The first-order valence-corrected chi connectivity index (χ1v) is 6.79. The molecule has 21 heavy (non-hydrogen) atoms. The lowest BCUT2D eigenvalue weighted by molar-refractivity contribution is 0.100. The molecule has 0 spiro atoms. The Labute approximate surface area is 121 Å². The minimum atomic E-state index is -0.407. The summed E-state index contributed by atoms with van der Waals surface area (Å²) >= 11 is 0. The van der Waals surface area contributed by atoms with Gasteiger partial charge in [0.1, 0.15) is 0 Å². The van der Waals surface area contributed by atoms with Crippen LogP contribution in [0.3, 0.4) is 0 Å². The number of hydrogen-bond donors (Lipinski definition) is 1. The van der Waals surface area contributed by atoms with Crippen LogP contribution in [0.4, 0.5) is 5.69 Å². The van der Waals surface area contributed by atoms with Gasteiger partial charge in [-0.2, -0.15) is 0 Å². The van der Waals surface area contributed by atoms with Crippen LogP contribution < -0.4 is 5.73 Å². The van der Waals surface area contributed by atoms with Crippen LogP contribution in [0.25, 0.3) is 22.2 Å². The van der Waals surface area contributed by atoms with E-state index >= 15 is 0 Å². The van der Waals surface area contributed by atoms with Crippen LogP contribution in [0, 0.1) is 0 Å². The number of aliphatic imine (C=N–C) groups is 1. The Morgan fingerprint density at radius 2 is 2.00 bits per heavy atom. The van der Waals surface area contributed by atoms with E-state index in [1.54, 1.807) is 6.07 Å². The van der Waals surface area contributed by atoms with Crippen molar-refractivity contribution in [3.63, 3.8) is 0 Å². The second-order valence-electron chi connectivity index (χ2n) is 5.11. The average Bonchev–Trinajstić information content (AvgIpc) is 2.75. The second kappa shape index (κ2) is 4.31. The second-order valence-corrected chi connectivity index (χ2v) is 5.11. The quantitative estimate of drug-likeness (QED) is 0.728. The minimum absolute atomic E-state index is 0.407. The van der Waals surface area contributed by atoms with Crippen molar-refractivity contribution in [1.82, 2.24) is 4.57 Å². The van der Waals surface area contributed by atoms with E-state index in [1.165, 1.54) is 0 Å². The Morgan fingerprint density at radius 1 is 1.14 bits per heavy atom. The largest absolute Gasteiger partial charge is 0.366 e.